The first-order chi connectivity index (χ1) is 11.4. The van der Waals surface area contributed by atoms with Crippen LogP contribution in [0.4, 0.5) is 19.1 Å². The highest BCUT2D eigenvalue weighted by Gasteiger charge is 2.30. The first-order valence-electron chi connectivity index (χ1n) is 6.58. The van der Waals surface area contributed by atoms with Crippen LogP contribution in [0.3, 0.4) is 0 Å². The van der Waals surface area contributed by atoms with Crippen molar-refractivity contribution in [1.82, 2.24) is 9.97 Å². The van der Waals surface area contributed by atoms with Crippen molar-refractivity contribution in [2.24, 2.45) is 0 Å². The lowest BCUT2D eigenvalue weighted by Gasteiger charge is -2.09. The van der Waals surface area contributed by atoms with Crippen LogP contribution < -0.4 is 0 Å². The standard InChI is InChI=1S/C15H8F3N3O3/c16-15(17,18)10-3-1-9(2-4-10)11-7-19-8-20-14(11)12-5-6-13(24-12)21(22)23/h1-8H. The molecule has 1 aromatic carbocycles. The van der Waals surface area contributed by atoms with Crippen molar-refractivity contribution in [2.75, 3.05) is 0 Å². The lowest BCUT2D eigenvalue weighted by molar-refractivity contribution is -0.401. The summed E-state index contributed by atoms with van der Waals surface area (Å²) in [7, 11) is 0. The Kier molecular flexibility index (Phi) is 3.76. The third-order valence-electron chi connectivity index (χ3n) is 3.24. The first-order valence-corrected chi connectivity index (χ1v) is 6.58. The second-order valence-corrected chi connectivity index (χ2v) is 4.76. The molecule has 0 aliphatic heterocycles. The molecule has 2 aromatic heterocycles. The molecule has 0 amide bonds. The normalized spacial score (nSPS) is 11.5. The van der Waals surface area contributed by atoms with Crippen molar-refractivity contribution in [2.45, 2.75) is 6.18 Å². The summed E-state index contributed by atoms with van der Waals surface area (Å²) in [5.41, 5.74) is 0.296. The van der Waals surface area contributed by atoms with Gasteiger partial charge >= 0.3 is 12.1 Å². The third-order valence-corrected chi connectivity index (χ3v) is 3.24. The van der Waals surface area contributed by atoms with Crippen molar-refractivity contribution in [3.8, 4) is 22.6 Å². The van der Waals surface area contributed by atoms with Crippen molar-refractivity contribution in [1.29, 1.82) is 0 Å². The molecule has 0 spiro atoms. The molecule has 0 bridgehead atoms. The highest BCUT2D eigenvalue weighted by atomic mass is 19.4. The molecular weight excluding hydrogens is 327 g/mol. The summed E-state index contributed by atoms with van der Waals surface area (Å²) in [5.74, 6) is -0.332. The summed E-state index contributed by atoms with van der Waals surface area (Å²) in [5, 5.41) is 10.7. The SMILES string of the molecule is O=[N+]([O-])c1ccc(-c2ncncc2-c2ccc(C(F)(F)F)cc2)o1. The molecule has 3 aromatic rings. The number of rotatable bonds is 3. The van der Waals surface area contributed by atoms with E-state index in [2.05, 4.69) is 9.97 Å². The van der Waals surface area contributed by atoms with Gasteiger partial charge in [0, 0.05) is 11.8 Å². The van der Waals surface area contributed by atoms with Gasteiger partial charge in [-0.05, 0) is 23.8 Å². The number of hydrogen-bond donors (Lipinski definition) is 0. The van der Waals surface area contributed by atoms with Gasteiger partial charge < -0.3 is 4.42 Å². The molecule has 6 nitrogen and oxygen atoms in total. The van der Waals surface area contributed by atoms with Crippen LogP contribution in [0.5, 0.6) is 0 Å². The summed E-state index contributed by atoms with van der Waals surface area (Å²) in [6.45, 7) is 0. The maximum absolute atomic E-state index is 12.6. The predicted molar refractivity (Wildman–Crippen MR) is 76.8 cm³/mol. The largest absolute Gasteiger partial charge is 0.433 e. The Morgan fingerprint density at radius 1 is 1.08 bits per heavy atom. The van der Waals surface area contributed by atoms with E-state index in [1.54, 1.807) is 0 Å². The summed E-state index contributed by atoms with van der Waals surface area (Å²) in [4.78, 5) is 17.9. The van der Waals surface area contributed by atoms with Gasteiger partial charge in [-0.2, -0.15) is 13.2 Å². The van der Waals surface area contributed by atoms with Crippen LogP contribution in [-0.4, -0.2) is 14.9 Å². The van der Waals surface area contributed by atoms with Crippen molar-refractivity contribution >= 4 is 5.88 Å². The van der Waals surface area contributed by atoms with E-state index in [4.69, 9.17) is 4.42 Å². The molecule has 0 saturated carbocycles. The van der Waals surface area contributed by atoms with Crippen molar-refractivity contribution in [3.05, 3.63) is 64.6 Å². The van der Waals surface area contributed by atoms with Crippen LogP contribution in [0.1, 0.15) is 5.56 Å². The second kappa shape index (κ2) is 5.76. The molecule has 9 heteroatoms. The van der Waals surface area contributed by atoms with Gasteiger partial charge in [0.15, 0.2) is 5.76 Å². The molecule has 24 heavy (non-hydrogen) atoms. The molecule has 0 atom stereocenters. The van der Waals surface area contributed by atoms with Crippen LogP contribution in [0, 0.1) is 10.1 Å². The van der Waals surface area contributed by atoms with Crippen molar-refractivity contribution < 1.29 is 22.5 Å². The predicted octanol–water partition coefficient (Wildman–Crippen LogP) is 4.33. The van der Waals surface area contributed by atoms with Crippen LogP contribution in [0.2, 0.25) is 0 Å². The third kappa shape index (κ3) is 2.96. The van der Waals surface area contributed by atoms with E-state index in [9.17, 15) is 23.3 Å². The molecule has 0 aliphatic carbocycles. The number of halogens is 3. The zero-order valence-corrected chi connectivity index (χ0v) is 11.8. The number of furan rings is 1. The number of nitrogens with zero attached hydrogens (tertiary/aromatic N) is 3. The molecule has 122 valence electrons. The minimum Gasteiger partial charge on any atom is -0.399 e. The van der Waals surface area contributed by atoms with E-state index in [0.717, 1.165) is 12.1 Å². The van der Waals surface area contributed by atoms with Gasteiger partial charge in [0.05, 0.1) is 11.6 Å². The van der Waals surface area contributed by atoms with Crippen LogP contribution in [0.15, 0.2) is 53.3 Å². The Morgan fingerprint density at radius 3 is 2.38 bits per heavy atom. The van der Waals surface area contributed by atoms with E-state index in [1.807, 2.05) is 0 Å². The fourth-order valence-electron chi connectivity index (χ4n) is 2.13. The summed E-state index contributed by atoms with van der Waals surface area (Å²) in [6.07, 6.45) is -1.81. The van der Waals surface area contributed by atoms with Gasteiger partial charge in [-0.1, -0.05) is 12.1 Å². The Balaban J connectivity index is 2.04. The zero-order chi connectivity index (χ0) is 17.3. The molecule has 0 N–H and O–H groups in total. The van der Waals surface area contributed by atoms with E-state index in [1.165, 1.54) is 36.8 Å². The van der Waals surface area contributed by atoms with Gasteiger partial charge in [-0.15, -0.1) is 0 Å². The summed E-state index contributed by atoms with van der Waals surface area (Å²) < 4.78 is 43.0. The van der Waals surface area contributed by atoms with E-state index >= 15 is 0 Å². The Bertz CT molecular complexity index is 889. The maximum atomic E-state index is 12.6. The van der Waals surface area contributed by atoms with E-state index in [0.29, 0.717) is 11.1 Å². The monoisotopic (exact) mass is 335 g/mol. The number of aromatic nitrogens is 2. The van der Waals surface area contributed by atoms with Gasteiger partial charge in [0.25, 0.3) is 0 Å². The molecule has 0 fully saturated rings. The molecular formula is C15H8F3N3O3. The smallest absolute Gasteiger partial charge is 0.399 e. The highest BCUT2D eigenvalue weighted by molar-refractivity contribution is 5.78. The van der Waals surface area contributed by atoms with Crippen LogP contribution >= 0.6 is 0 Å². The summed E-state index contributed by atoms with van der Waals surface area (Å²) in [6, 6.07) is 6.99. The fraction of sp³-hybridized carbons (Fsp3) is 0.0667. The highest BCUT2D eigenvalue weighted by Crippen LogP contribution is 2.34. The molecule has 0 aliphatic rings. The van der Waals surface area contributed by atoms with Crippen LogP contribution in [-0.2, 0) is 6.18 Å². The first kappa shape index (κ1) is 15.7. The Labute approximate surface area is 132 Å². The number of alkyl halides is 3. The molecule has 2 heterocycles. The molecule has 0 radical (unpaired) electrons. The van der Waals surface area contributed by atoms with Crippen LogP contribution in [0.25, 0.3) is 22.6 Å². The van der Waals surface area contributed by atoms with Gasteiger partial charge in [-0.25, -0.2) is 9.97 Å². The lowest BCUT2D eigenvalue weighted by atomic mass is 10.0. The maximum Gasteiger partial charge on any atom is 0.433 e. The Hall–Kier alpha value is -3.23. The minimum atomic E-state index is -4.43. The van der Waals surface area contributed by atoms with E-state index < -0.39 is 22.5 Å². The zero-order valence-electron chi connectivity index (χ0n) is 11.8. The van der Waals surface area contributed by atoms with E-state index in [-0.39, 0.29) is 11.5 Å². The topological polar surface area (TPSA) is 82.1 Å². The molecule has 0 saturated heterocycles. The van der Waals surface area contributed by atoms with Gasteiger partial charge in [0.1, 0.15) is 16.9 Å². The average molecular weight is 335 g/mol. The number of nitro groups is 1. The van der Waals surface area contributed by atoms with Gasteiger partial charge in [0.2, 0.25) is 0 Å². The summed E-state index contributed by atoms with van der Waals surface area (Å²) >= 11 is 0. The lowest BCUT2D eigenvalue weighted by Crippen LogP contribution is -2.04. The fourth-order valence-corrected chi connectivity index (χ4v) is 2.13. The van der Waals surface area contributed by atoms with Gasteiger partial charge in [-0.3, -0.25) is 10.1 Å². The number of benzene rings is 1. The molecule has 3 rings (SSSR count). The molecule has 0 unspecified atom stereocenters. The quantitative estimate of drug-likeness (QED) is 0.525. The number of hydrogen-bond acceptors (Lipinski definition) is 5. The van der Waals surface area contributed by atoms with Crippen molar-refractivity contribution in [3.63, 3.8) is 0 Å². The Morgan fingerprint density at radius 2 is 1.79 bits per heavy atom. The minimum absolute atomic E-state index is 0.124. The average Bonchev–Trinajstić information content (AvgIpc) is 3.04. The second-order valence-electron chi connectivity index (χ2n) is 4.76.